The van der Waals surface area contributed by atoms with Gasteiger partial charge in [-0.1, -0.05) is 0 Å². The largest absolute Gasteiger partial charge is 0.496 e. The Bertz CT molecular complexity index is 1410. The van der Waals surface area contributed by atoms with Gasteiger partial charge in [0.05, 0.1) is 41.4 Å². The van der Waals surface area contributed by atoms with Crippen molar-refractivity contribution in [3.8, 4) is 17.2 Å². The number of nitrogens with two attached hydrogens (primary N) is 1. The van der Waals surface area contributed by atoms with Crippen molar-refractivity contribution in [2.45, 2.75) is 11.1 Å². The summed E-state index contributed by atoms with van der Waals surface area (Å²) < 4.78 is 84.1. The van der Waals surface area contributed by atoms with Crippen LogP contribution in [-0.4, -0.2) is 37.7 Å². The van der Waals surface area contributed by atoms with Gasteiger partial charge in [-0.3, -0.25) is 18.7 Å². The smallest absolute Gasteiger partial charge is 0.417 e. The summed E-state index contributed by atoms with van der Waals surface area (Å²) in [5.74, 6) is -1.06. The van der Waals surface area contributed by atoms with Crippen LogP contribution >= 0.6 is 0 Å². The molecule has 9 nitrogen and oxygen atoms in total. The molecule has 0 fully saturated rings. The van der Waals surface area contributed by atoms with Crippen molar-refractivity contribution in [2.24, 2.45) is 5.73 Å². The van der Waals surface area contributed by atoms with Crippen LogP contribution in [0.15, 0.2) is 46.1 Å². The minimum absolute atomic E-state index is 0.0807. The number of halogens is 3. The lowest BCUT2D eigenvalue weighted by molar-refractivity contribution is -0.136. The van der Waals surface area contributed by atoms with Crippen molar-refractivity contribution in [1.82, 2.24) is 4.57 Å². The molecule has 3 N–H and O–H groups in total. The summed E-state index contributed by atoms with van der Waals surface area (Å²) in [5.41, 5.74) is 2.22. The molecule has 32 heavy (non-hydrogen) atoms. The number of fused-ring (bicyclic) bond motifs is 1. The fourth-order valence-corrected chi connectivity index (χ4v) is 3.71. The molecule has 0 saturated heterocycles. The lowest BCUT2D eigenvalue weighted by Crippen LogP contribution is -2.23. The second-order valence-electron chi connectivity index (χ2n) is 6.47. The van der Waals surface area contributed by atoms with Gasteiger partial charge >= 0.3 is 6.18 Å². The number of carbonyl (C=O) groups excluding carboxylic acids is 1. The number of methoxy groups -OCH3 is 2. The molecule has 0 saturated carbocycles. The highest BCUT2D eigenvalue weighted by Crippen LogP contribution is 2.37. The molecule has 1 heterocycles. The molecular formula is C19H15F3N2O7S. The van der Waals surface area contributed by atoms with E-state index in [2.05, 4.69) is 0 Å². The lowest BCUT2D eigenvalue weighted by atomic mass is 10.1. The Labute approximate surface area is 178 Å². The topological polar surface area (TPSA) is 138 Å². The van der Waals surface area contributed by atoms with E-state index in [1.807, 2.05) is 0 Å². The quantitative estimate of drug-likeness (QED) is 0.544. The van der Waals surface area contributed by atoms with Gasteiger partial charge in [-0.15, -0.1) is 0 Å². The molecule has 0 aliphatic carbocycles. The first-order valence-corrected chi connectivity index (χ1v) is 10.0. The highest BCUT2D eigenvalue weighted by Gasteiger charge is 2.35. The molecule has 3 aromatic rings. The fourth-order valence-electron chi connectivity index (χ4n) is 3.20. The summed E-state index contributed by atoms with van der Waals surface area (Å²) in [5, 5.41) is -0.674. The van der Waals surface area contributed by atoms with Crippen LogP contribution in [0.2, 0.25) is 0 Å². The molecule has 0 unspecified atom stereocenters. The Morgan fingerprint density at radius 2 is 1.69 bits per heavy atom. The Morgan fingerprint density at radius 3 is 2.19 bits per heavy atom. The SMILES string of the molecule is COc1cc(-n2c(=O)cc(C(F)(F)F)c3cc(S(=O)(=O)O)ccc32)c(OC)cc1C(N)=O. The number of hydrogen-bond acceptors (Lipinski definition) is 6. The van der Waals surface area contributed by atoms with Crippen LogP contribution in [0.5, 0.6) is 11.5 Å². The van der Waals surface area contributed by atoms with Gasteiger partial charge in [0.1, 0.15) is 11.5 Å². The third-order valence-corrected chi connectivity index (χ3v) is 5.45. The number of alkyl halides is 3. The van der Waals surface area contributed by atoms with E-state index in [0.717, 1.165) is 22.8 Å². The van der Waals surface area contributed by atoms with E-state index in [0.29, 0.717) is 6.07 Å². The van der Waals surface area contributed by atoms with Gasteiger partial charge in [0, 0.05) is 17.5 Å². The van der Waals surface area contributed by atoms with Gasteiger partial charge < -0.3 is 15.2 Å². The van der Waals surface area contributed by atoms with Crippen LogP contribution in [0.3, 0.4) is 0 Å². The molecule has 0 radical (unpaired) electrons. The predicted molar refractivity (Wildman–Crippen MR) is 106 cm³/mol. The zero-order valence-electron chi connectivity index (χ0n) is 16.4. The number of nitrogens with zero attached hydrogens (tertiary/aromatic N) is 1. The number of rotatable bonds is 5. The third-order valence-electron chi connectivity index (χ3n) is 4.60. The van der Waals surface area contributed by atoms with Crippen LogP contribution in [-0.2, 0) is 16.3 Å². The van der Waals surface area contributed by atoms with E-state index in [4.69, 9.17) is 15.2 Å². The number of carbonyl (C=O) groups is 1. The fraction of sp³-hybridized carbons (Fsp3) is 0.158. The van der Waals surface area contributed by atoms with Gasteiger partial charge in [0.25, 0.3) is 21.6 Å². The van der Waals surface area contributed by atoms with Gasteiger partial charge in [-0.2, -0.15) is 21.6 Å². The number of aromatic nitrogens is 1. The monoisotopic (exact) mass is 472 g/mol. The first kappa shape index (κ1) is 23.1. The van der Waals surface area contributed by atoms with E-state index in [1.165, 1.54) is 20.3 Å². The lowest BCUT2D eigenvalue weighted by Gasteiger charge is -2.19. The number of benzene rings is 2. The molecule has 0 atom stereocenters. The summed E-state index contributed by atoms with van der Waals surface area (Å²) in [6.07, 6.45) is -5.01. The maximum atomic E-state index is 13.6. The van der Waals surface area contributed by atoms with Crippen molar-refractivity contribution in [3.05, 3.63) is 57.9 Å². The predicted octanol–water partition coefficient (Wildman–Crippen LogP) is 2.37. The van der Waals surface area contributed by atoms with E-state index in [1.54, 1.807) is 0 Å². The van der Waals surface area contributed by atoms with Crippen LogP contribution in [0.4, 0.5) is 13.2 Å². The maximum Gasteiger partial charge on any atom is 0.417 e. The normalized spacial score (nSPS) is 12.1. The van der Waals surface area contributed by atoms with Crippen molar-refractivity contribution >= 4 is 26.9 Å². The number of ether oxygens (including phenoxy) is 2. The molecule has 170 valence electrons. The van der Waals surface area contributed by atoms with E-state index in [-0.39, 0.29) is 34.3 Å². The molecule has 2 aromatic carbocycles. The summed E-state index contributed by atoms with van der Waals surface area (Å²) in [4.78, 5) is 23.7. The zero-order valence-corrected chi connectivity index (χ0v) is 17.2. The second-order valence-corrected chi connectivity index (χ2v) is 7.89. The van der Waals surface area contributed by atoms with E-state index in [9.17, 15) is 35.7 Å². The number of pyridine rings is 1. The summed E-state index contributed by atoms with van der Waals surface area (Å²) >= 11 is 0. The molecule has 13 heteroatoms. The third kappa shape index (κ3) is 3.99. The molecule has 1 aromatic heterocycles. The summed E-state index contributed by atoms with van der Waals surface area (Å²) in [7, 11) is -2.42. The molecule has 0 aliphatic rings. The molecule has 3 rings (SSSR count). The summed E-state index contributed by atoms with van der Waals surface area (Å²) in [6, 6.07) is 4.98. The van der Waals surface area contributed by atoms with Crippen molar-refractivity contribution < 1.29 is 40.4 Å². The van der Waals surface area contributed by atoms with Crippen molar-refractivity contribution in [1.29, 1.82) is 0 Å². The van der Waals surface area contributed by atoms with Crippen LogP contribution in [0.25, 0.3) is 16.6 Å². The minimum atomic E-state index is -5.01. The minimum Gasteiger partial charge on any atom is -0.496 e. The molecule has 1 amide bonds. The Kier molecular flexibility index (Phi) is 5.65. The van der Waals surface area contributed by atoms with Crippen LogP contribution < -0.4 is 20.8 Å². The highest BCUT2D eigenvalue weighted by atomic mass is 32.2. The average molecular weight is 472 g/mol. The first-order valence-electron chi connectivity index (χ1n) is 8.60. The van der Waals surface area contributed by atoms with Crippen molar-refractivity contribution in [3.63, 3.8) is 0 Å². The zero-order chi connectivity index (χ0) is 24.0. The molecule has 0 aliphatic heterocycles. The van der Waals surface area contributed by atoms with E-state index < -0.39 is 43.6 Å². The molecule has 0 bridgehead atoms. The summed E-state index contributed by atoms with van der Waals surface area (Å²) in [6.45, 7) is 0. The Morgan fingerprint density at radius 1 is 1.06 bits per heavy atom. The van der Waals surface area contributed by atoms with Gasteiger partial charge in [0.15, 0.2) is 0 Å². The van der Waals surface area contributed by atoms with E-state index >= 15 is 0 Å². The van der Waals surface area contributed by atoms with Gasteiger partial charge in [-0.05, 0) is 24.3 Å². The first-order chi connectivity index (χ1) is 14.8. The van der Waals surface area contributed by atoms with Gasteiger partial charge in [-0.25, -0.2) is 0 Å². The van der Waals surface area contributed by atoms with Crippen LogP contribution in [0.1, 0.15) is 15.9 Å². The average Bonchev–Trinajstić information content (AvgIpc) is 2.70. The Hall–Kier alpha value is -3.58. The standard InChI is InChI=1S/C19H15F3N2O7S/c1-30-15-8-14(16(31-2)6-11(15)18(23)26)24-13-4-3-9(32(27,28)29)5-10(13)12(7-17(24)25)19(20,21)22/h3-8H,1-2H3,(H2,23,26)(H,27,28,29). The number of hydrogen-bond donors (Lipinski definition) is 2. The van der Waals surface area contributed by atoms with Crippen molar-refractivity contribution in [2.75, 3.05) is 14.2 Å². The number of primary amides is 1. The van der Waals surface area contributed by atoms with Gasteiger partial charge in [0.2, 0.25) is 0 Å². The molecular weight excluding hydrogens is 457 g/mol. The molecule has 0 spiro atoms. The number of amides is 1. The van der Waals surface area contributed by atoms with Crippen LogP contribution in [0, 0.1) is 0 Å². The highest BCUT2D eigenvalue weighted by molar-refractivity contribution is 7.85. The second kappa shape index (κ2) is 7.84. The Balaban J connectivity index is 2.52. The maximum absolute atomic E-state index is 13.6.